The zero-order valence-electron chi connectivity index (χ0n) is 12.0. The summed E-state index contributed by atoms with van der Waals surface area (Å²) >= 11 is 0. The molecule has 0 aliphatic heterocycles. The van der Waals surface area contributed by atoms with Gasteiger partial charge < -0.3 is 14.9 Å². The molecule has 0 saturated carbocycles. The van der Waals surface area contributed by atoms with Crippen LogP contribution in [0.25, 0.3) is 0 Å². The van der Waals surface area contributed by atoms with Crippen LogP contribution in [0.15, 0.2) is 30.3 Å². The third-order valence-electron chi connectivity index (χ3n) is 3.27. The first-order chi connectivity index (χ1) is 9.17. The second kappa shape index (κ2) is 9.08. The van der Waals surface area contributed by atoms with E-state index in [1.54, 1.807) is 0 Å². The molecule has 0 bridgehead atoms. The van der Waals surface area contributed by atoms with Crippen LogP contribution in [0.5, 0.6) is 0 Å². The third-order valence-corrected chi connectivity index (χ3v) is 3.27. The van der Waals surface area contributed by atoms with Crippen molar-refractivity contribution in [2.75, 3.05) is 6.61 Å². The molecule has 108 valence electrons. The van der Waals surface area contributed by atoms with E-state index in [-0.39, 0.29) is 18.8 Å². The monoisotopic (exact) mass is 266 g/mol. The van der Waals surface area contributed by atoms with E-state index in [1.807, 2.05) is 37.3 Å². The normalized spacial score (nSPS) is 16.0. The highest BCUT2D eigenvalue weighted by atomic mass is 16.5. The van der Waals surface area contributed by atoms with Crippen molar-refractivity contribution >= 4 is 0 Å². The molecule has 1 aromatic rings. The molecule has 1 aromatic carbocycles. The van der Waals surface area contributed by atoms with Gasteiger partial charge >= 0.3 is 0 Å². The van der Waals surface area contributed by atoms with Crippen LogP contribution < -0.4 is 0 Å². The van der Waals surface area contributed by atoms with Gasteiger partial charge in [0.25, 0.3) is 0 Å². The molecule has 0 fully saturated rings. The Hall–Kier alpha value is -0.900. The lowest BCUT2D eigenvalue weighted by Gasteiger charge is -2.26. The van der Waals surface area contributed by atoms with E-state index in [4.69, 9.17) is 9.84 Å². The van der Waals surface area contributed by atoms with Crippen LogP contribution in [0.4, 0.5) is 0 Å². The van der Waals surface area contributed by atoms with Gasteiger partial charge in [0, 0.05) is 6.42 Å². The smallest absolute Gasteiger partial charge is 0.103 e. The molecule has 3 nitrogen and oxygen atoms in total. The van der Waals surface area contributed by atoms with Crippen molar-refractivity contribution in [3.8, 4) is 0 Å². The average molecular weight is 266 g/mol. The number of ether oxygens (including phenoxy) is 1. The molecule has 0 radical (unpaired) electrons. The van der Waals surface area contributed by atoms with Crippen LogP contribution in [0.1, 0.15) is 38.7 Å². The molecule has 0 amide bonds. The Morgan fingerprint density at radius 3 is 2.47 bits per heavy atom. The van der Waals surface area contributed by atoms with Crippen LogP contribution in [-0.2, 0) is 11.2 Å². The lowest BCUT2D eigenvalue weighted by atomic mass is 10.0. The molecule has 0 heterocycles. The Kier molecular flexibility index (Phi) is 7.72. The van der Waals surface area contributed by atoms with Gasteiger partial charge in [-0.15, -0.1) is 0 Å². The highest BCUT2D eigenvalue weighted by Crippen LogP contribution is 2.14. The van der Waals surface area contributed by atoms with Crippen LogP contribution in [0.2, 0.25) is 0 Å². The predicted octanol–water partition coefficient (Wildman–Crippen LogP) is 2.55. The van der Waals surface area contributed by atoms with Gasteiger partial charge in [-0.25, -0.2) is 0 Å². The topological polar surface area (TPSA) is 49.7 Å². The third kappa shape index (κ3) is 6.19. The minimum Gasteiger partial charge on any atom is -0.394 e. The first-order valence-electron chi connectivity index (χ1n) is 7.15. The Morgan fingerprint density at radius 2 is 1.89 bits per heavy atom. The zero-order chi connectivity index (χ0) is 14.1. The largest absolute Gasteiger partial charge is 0.394 e. The number of unbranched alkanes of at least 4 members (excludes halogenated alkanes) is 1. The van der Waals surface area contributed by atoms with E-state index in [1.165, 1.54) is 0 Å². The van der Waals surface area contributed by atoms with Crippen molar-refractivity contribution in [1.29, 1.82) is 0 Å². The average Bonchev–Trinajstić information content (AvgIpc) is 2.44. The number of benzene rings is 1. The lowest BCUT2D eigenvalue weighted by molar-refractivity contribution is -0.0872. The van der Waals surface area contributed by atoms with Crippen LogP contribution in [-0.4, -0.2) is 35.1 Å². The van der Waals surface area contributed by atoms with Gasteiger partial charge in [0.2, 0.25) is 0 Å². The van der Waals surface area contributed by atoms with Crippen molar-refractivity contribution < 1.29 is 14.9 Å². The van der Waals surface area contributed by atoms with Crippen molar-refractivity contribution in [3.05, 3.63) is 35.9 Å². The van der Waals surface area contributed by atoms with E-state index >= 15 is 0 Å². The number of rotatable bonds is 9. The van der Waals surface area contributed by atoms with E-state index in [0.29, 0.717) is 6.42 Å². The Bertz CT molecular complexity index is 326. The fourth-order valence-electron chi connectivity index (χ4n) is 2.10. The lowest BCUT2D eigenvalue weighted by Crippen LogP contribution is -2.36. The highest BCUT2D eigenvalue weighted by Gasteiger charge is 2.21. The quantitative estimate of drug-likeness (QED) is 0.722. The maximum Gasteiger partial charge on any atom is 0.103 e. The summed E-state index contributed by atoms with van der Waals surface area (Å²) in [5, 5.41) is 19.0. The van der Waals surface area contributed by atoms with Crippen LogP contribution in [0, 0.1) is 0 Å². The summed E-state index contributed by atoms with van der Waals surface area (Å²) in [5.74, 6) is 0. The van der Waals surface area contributed by atoms with Crippen molar-refractivity contribution in [3.63, 3.8) is 0 Å². The molecule has 3 heteroatoms. The molecular weight excluding hydrogens is 240 g/mol. The molecule has 3 atom stereocenters. The SMILES string of the molecule is CCCCC(C)OC(Cc1ccccc1)C(O)CO. The molecule has 0 spiro atoms. The van der Waals surface area contributed by atoms with E-state index in [0.717, 1.165) is 24.8 Å². The molecule has 0 aliphatic rings. The number of aliphatic hydroxyl groups excluding tert-OH is 2. The van der Waals surface area contributed by atoms with Crippen molar-refractivity contribution in [2.45, 2.75) is 57.8 Å². The first-order valence-corrected chi connectivity index (χ1v) is 7.15. The van der Waals surface area contributed by atoms with Gasteiger partial charge in [0.1, 0.15) is 6.10 Å². The van der Waals surface area contributed by atoms with Crippen LogP contribution >= 0.6 is 0 Å². The van der Waals surface area contributed by atoms with Crippen molar-refractivity contribution in [2.24, 2.45) is 0 Å². The highest BCUT2D eigenvalue weighted by molar-refractivity contribution is 5.15. The summed E-state index contributed by atoms with van der Waals surface area (Å²) in [6, 6.07) is 9.93. The second-order valence-electron chi connectivity index (χ2n) is 5.07. The van der Waals surface area contributed by atoms with Gasteiger partial charge in [-0.3, -0.25) is 0 Å². The fourth-order valence-corrected chi connectivity index (χ4v) is 2.10. The number of aliphatic hydroxyl groups is 2. The molecular formula is C16H26O3. The van der Waals surface area contributed by atoms with Gasteiger partial charge in [0.15, 0.2) is 0 Å². The molecule has 0 aliphatic carbocycles. The summed E-state index contributed by atoms with van der Waals surface area (Å²) in [7, 11) is 0. The van der Waals surface area contributed by atoms with Crippen molar-refractivity contribution in [1.82, 2.24) is 0 Å². The Balaban J connectivity index is 2.57. The van der Waals surface area contributed by atoms with Gasteiger partial charge in [-0.05, 0) is 18.9 Å². The van der Waals surface area contributed by atoms with Gasteiger partial charge in [-0.1, -0.05) is 50.1 Å². The summed E-state index contributed by atoms with van der Waals surface area (Å²) in [4.78, 5) is 0. The molecule has 3 unspecified atom stereocenters. The minimum absolute atomic E-state index is 0.106. The maximum absolute atomic E-state index is 9.88. The summed E-state index contributed by atoms with van der Waals surface area (Å²) < 4.78 is 5.90. The predicted molar refractivity (Wildman–Crippen MR) is 77.1 cm³/mol. The zero-order valence-corrected chi connectivity index (χ0v) is 12.0. The van der Waals surface area contributed by atoms with Gasteiger partial charge in [-0.2, -0.15) is 0 Å². The van der Waals surface area contributed by atoms with E-state index in [9.17, 15) is 5.11 Å². The fraction of sp³-hybridized carbons (Fsp3) is 0.625. The number of hydrogen-bond donors (Lipinski definition) is 2. The molecule has 2 N–H and O–H groups in total. The number of hydrogen-bond acceptors (Lipinski definition) is 3. The minimum atomic E-state index is -0.829. The summed E-state index contributed by atoms with van der Waals surface area (Å²) in [6.45, 7) is 3.91. The Labute approximate surface area is 116 Å². The molecule has 19 heavy (non-hydrogen) atoms. The summed E-state index contributed by atoms with van der Waals surface area (Å²) in [5.41, 5.74) is 1.11. The Morgan fingerprint density at radius 1 is 1.21 bits per heavy atom. The van der Waals surface area contributed by atoms with Gasteiger partial charge in [0.05, 0.1) is 18.8 Å². The van der Waals surface area contributed by atoms with E-state index in [2.05, 4.69) is 6.92 Å². The second-order valence-corrected chi connectivity index (χ2v) is 5.07. The summed E-state index contributed by atoms with van der Waals surface area (Å²) in [6.07, 6.45) is 2.80. The first kappa shape index (κ1) is 16.2. The standard InChI is InChI=1S/C16H26O3/c1-3-4-8-13(2)19-16(15(18)12-17)11-14-9-6-5-7-10-14/h5-7,9-10,13,15-18H,3-4,8,11-12H2,1-2H3. The van der Waals surface area contributed by atoms with E-state index < -0.39 is 6.10 Å². The maximum atomic E-state index is 9.88. The molecule has 1 rings (SSSR count). The van der Waals surface area contributed by atoms with Crippen LogP contribution in [0.3, 0.4) is 0 Å². The molecule has 0 saturated heterocycles. The molecule has 0 aromatic heterocycles.